The summed E-state index contributed by atoms with van der Waals surface area (Å²) in [4.78, 5) is 8.15. The second-order valence-corrected chi connectivity index (χ2v) is 12.4. The first-order chi connectivity index (χ1) is 16.5. The Hall–Kier alpha value is -2.24. The molecule has 0 spiro atoms. The molecule has 0 saturated carbocycles. The lowest BCUT2D eigenvalue weighted by Gasteiger charge is -2.35. The first-order valence-corrected chi connectivity index (χ1v) is 14.2. The number of hydrogen-bond donors (Lipinski definition) is 0. The van der Waals surface area contributed by atoms with Crippen LogP contribution in [0.25, 0.3) is 20.8 Å². The number of aryl methyl sites for hydroxylation is 2. The molecule has 2 saturated heterocycles. The van der Waals surface area contributed by atoms with E-state index in [1.165, 1.54) is 18.2 Å². The third kappa shape index (κ3) is 5.03. The normalized spacial score (nSPS) is 18.2. The monoisotopic (exact) mass is 525 g/mol. The number of hydrogen-bond acceptors (Lipinski definition) is 5. The minimum absolute atomic E-state index is 0.0350. The van der Waals surface area contributed by atoms with Crippen LogP contribution in [-0.2, 0) is 10.0 Å². The van der Waals surface area contributed by atoms with Gasteiger partial charge in [0.1, 0.15) is 13.1 Å². The number of sulfonamides is 1. The van der Waals surface area contributed by atoms with Crippen molar-refractivity contribution in [1.82, 2.24) is 13.9 Å². The smallest absolute Gasteiger partial charge is 0.369 e. The maximum Gasteiger partial charge on any atom is 0.404 e. The average molecular weight is 526 g/mol. The van der Waals surface area contributed by atoms with Crippen molar-refractivity contribution in [2.24, 2.45) is 0 Å². The van der Waals surface area contributed by atoms with Gasteiger partial charge in [-0.05, 0) is 37.1 Å². The Labute approximate surface area is 206 Å². The summed E-state index contributed by atoms with van der Waals surface area (Å²) in [5.74, 6) is -1.81. The van der Waals surface area contributed by atoms with Crippen LogP contribution in [0.1, 0.15) is 24.0 Å². The largest absolute Gasteiger partial charge is 0.404 e. The Morgan fingerprint density at radius 1 is 1.00 bits per heavy atom. The van der Waals surface area contributed by atoms with Crippen molar-refractivity contribution >= 4 is 37.3 Å². The second-order valence-electron chi connectivity index (χ2n) is 9.38. The number of piperazine rings is 1. The van der Waals surface area contributed by atoms with E-state index in [1.54, 1.807) is 11.3 Å². The van der Waals surface area contributed by atoms with Gasteiger partial charge < -0.3 is 4.90 Å². The van der Waals surface area contributed by atoms with Gasteiger partial charge >= 0.3 is 6.18 Å². The molecular formula is C24H28F3N4O2S2+. The van der Waals surface area contributed by atoms with Crippen LogP contribution in [0.5, 0.6) is 0 Å². The highest BCUT2D eigenvalue weighted by atomic mass is 32.2. The van der Waals surface area contributed by atoms with E-state index in [4.69, 9.17) is 4.98 Å². The maximum atomic E-state index is 12.7. The SMILES string of the molecule is Cc1cc(=[N+]2CCCC2)cc2sc3cc(N4CCN(S(=O)(=O)CC(F)(F)F)CC4)cc(C)c3nc1-2. The molecule has 4 aliphatic rings. The average Bonchev–Trinajstić information content (AvgIpc) is 3.31. The van der Waals surface area contributed by atoms with Crippen molar-refractivity contribution in [3.05, 3.63) is 40.7 Å². The zero-order valence-electron chi connectivity index (χ0n) is 19.7. The quantitative estimate of drug-likeness (QED) is 0.388. The number of halogens is 3. The molecule has 35 heavy (non-hydrogen) atoms. The fraction of sp³-hybridized carbons (Fsp3) is 0.500. The Balaban J connectivity index is 1.46. The molecule has 5 rings (SSSR count). The van der Waals surface area contributed by atoms with Crippen molar-refractivity contribution in [3.8, 4) is 10.6 Å². The first kappa shape index (κ1) is 24.5. The molecule has 188 valence electrons. The van der Waals surface area contributed by atoms with E-state index in [9.17, 15) is 21.6 Å². The number of fused-ring (bicyclic) bond motifs is 2. The molecule has 3 aliphatic heterocycles. The number of benzene rings is 2. The van der Waals surface area contributed by atoms with Gasteiger partial charge in [0.2, 0.25) is 15.4 Å². The van der Waals surface area contributed by atoms with Crippen molar-refractivity contribution in [2.45, 2.75) is 32.9 Å². The fourth-order valence-corrected chi connectivity index (χ4v) is 7.51. The van der Waals surface area contributed by atoms with Gasteiger partial charge in [0.15, 0.2) is 5.75 Å². The number of anilines is 1. The molecule has 3 heterocycles. The van der Waals surface area contributed by atoms with Gasteiger partial charge in [0.05, 0.1) is 20.8 Å². The van der Waals surface area contributed by atoms with Crippen LogP contribution in [-0.4, -0.2) is 68.9 Å². The van der Waals surface area contributed by atoms with Crippen molar-refractivity contribution in [1.29, 1.82) is 0 Å². The zero-order chi connectivity index (χ0) is 25.0. The van der Waals surface area contributed by atoms with Crippen LogP contribution in [0.3, 0.4) is 0 Å². The number of aromatic nitrogens is 1. The van der Waals surface area contributed by atoms with Crippen LogP contribution in [0, 0.1) is 13.8 Å². The van der Waals surface area contributed by atoms with E-state index in [-0.39, 0.29) is 13.1 Å². The maximum absolute atomic E-state index is 12.7. The predicted molar refractivity (Wildman–Crippen MR) is 134 cm³/mol. The van der Waals surface area contributed by atoms with Crippen LogP contribution in [0.2, 0.25) is 0 Å². The molecule has 0 radical (unpaired) electrons. The van der Waals surface area contributed by atoms with Crippen molar-refractivity contribution < 1.29 is 21.6 Å². The standard InChI is InChI=1S/C24H28F3N4O2S2/c1-16-11-18(29-5-3-4-6-29)13-20-22(16)28-23-17(2)12-19(14-21(23)34-20)30-7-9-31(10-8-30)35(32,33)15-24(25,26)27/h11-14H,3-10,15H2,1-2H3/q+1. The zero-order valence-corrected chi connectivity index (χ0v) is 21.4. The Morgan fingerprint density at radius 2 is 1.69 bits per heavy atom. The first-order valence-electron chi connectivity index (χ1n) is 11.7. The molecule has 1 aromatic carbocycles. The van der Waals surface area contributed by atoms with Crippen molar-refractivity contribution in [3.63, 3.8) is 0 Å². The van der Waals surface area contributed by atoms with E-state index in [1.807, 2.05) is 17.9 Å². The number of rotatable bonds is 3. The lowest BCUT2D eigenvalue weighted by atomic mass is 10.1. The summed E-state index contributed by atoms with van der Waals surface area (Å²) in [5.41, 5.74) is 5.06. The molecule has 6 nitrogen and oxygen atoms in total. The molecule has 0 bridgehead atoms. The van der Waals surface area contributed by atoms with Gasteiger partial charge in [-0.1, -0.05) is 0 Å². The lowest BCUT2D eigenvalue weighted by molar-refractivity contribution is -0.107. The van der Waals surface area contributed by atoms with Gasteiger partial charge in [-0.3, -0.25) is 0 Å². The summed E-state index contributed by atoms with van der Waals surface area (Å²) in [5, 5.41) is 1.23. The minimum atomic E-state index is -4.74. The summed E-state index contributed by atoms with van der Waals surface area (Å²) in [6.07, 6.45) is -2.32. The second kappa shape index (κ2) is 9.01. The van der Waals surface area contributed by atoms with Crippen LogP contribution >= 0.6 is 11.3 Å². The molecule has 0 aromatic heterocycles. The van der Waals surface area contributed by atoms with E-state index < -0.39 is 22.0 Å². The van der Waals surface area contributed by atoms with Gasteiger partial charge in [-0.2, -0.15) is 17.5 Å². The molecule has 1 aromatic rings. The highest BCUT2D eigenvalue weighted by Gasteiger charge is 2.39. The van der Waals surface area contributed by atoms with E-state index in [0.717, 1.165) is 55.0 Å². The minimum Gasteiger partial charge on any atom is -0.369 e. The number of alkyl halides is 3. The van der Waals surface area contributed by atoms with Crippen LogP contribution in [0.15, 0.2) is 24.3 Å². The van der Waals surface area contributed by atoms with Crippen LogP contribution < -0.4 is 14.8 Å². The molecule has 2 fully saturated rings. The summed E-state index contributed by atoms with van der Waals surface area (Å²) in [6.45, 7) is 7.01. The van der Waals surface area contributed by atoms with Gasteiger partial charge in [0, 0.05) is 56.8 Å². The summed E-state index contributed by atoms with van der Waals surface area (Å²) >= 11 is 1.69. The Bertz CT molecular complexity index is 1420. The third-order valence-corrected chi connectivity index (χ3v) is 9.66. The van der Waals surface area contributed by atoms with Gasteiger partial charge in [-0.15, -0.1) is 11.3 Å². The van der Waals surface area contributed by atoms with Crippen LogP contribution in [0.4, 0.5) is 18.9 Å². The Morgan fingerprint density at radius 3 is 2.34 bits per heavy atom. The molecule has 0 unspecified atom stereocenters. The fourth-order valence-electron chi connectivity index (χ4n) is 4.99. The number of nitrogens with zero attached hydrogens (tertiary/aromatic N) is 4. The molecule has 0 atom stereocenters. The molecule has 1 aliphatic carbocycles. The molecule has 0 N–H and O–H groups in total. The summed E-state index contributed by atoms with van der Waals surface area (Å²) in [6, 6.07) is 8.53. The highest BCUT2D eigenvalue weighted by Crippen LogP contribution is 2.35. The van der Waals surface area contributed by atoms with E-state index in [2.05, 4.69) is 29.7 Å². The highest BCUT2D eigenvalue weighted by molar-refractivity contribution is 7.89. The van der Waals surface area contributed by atoms with Gasteiger partial charge in [-0.25, -0.2) is 18.0 Å². The lowest BCUT2D eigenvalue weighted by Crippen LogP contribution is -2.50. The summed E-state index contributed by atoms with van der Waals surface area (Å²) in [7, 11) is -4.36. The molecule has 11 heteroatoms. The molecular weight excluding hydrogens is 497 g/mol. The van der Waals surface area contributed by atoms with E-state index in [0.29, 0.717) is 13.1 Å². The van der Waals surface area contributed by atoms with Gasteiger partial charge in [0.25, 0.3) is 0 Å². The summed E-state index contributed by atoms with van der Waals surface area (Å²) < 4.78 is 66.7. The topological polar surface area (TPSA) is 56.5 Å². The predicted octanol–water partition coefficient (Wildman–Crippen LogP) is 3.60. The van der Waals surface area contributed by atoms with Crippen molar-refractivity contribution in [2.75, 3.05) is 49.9 Å². The third-order valence-electron chi connectivity index (χ3n) is 6.76. The Kier molecular flexibility index (Phi) is 6.29. The molecule has 0 amide bonds. The van der Waals surface area contributed by atoms with E-state index >= 15 is 0 Å².